The predicted molar refractivity (Wildman–Crippen MR) is 98.8 cm³/mol. The lowest BCUT2D eigenvalue weighted by molar-refractivity contribution is 0.0185. The SMILES string of the molecule is CC(C)(C)OC(=O)N1CCC(n2ccc(-c3cc(Cl)nnc3N)n2)CC1. The van der Waals surface area contributed by atoms with Gasteiger partial charge in [-0.1, -0.05) is 11.6 Å². The van der Waals surface area contributed by atoms with Gasteiger partial charge in [-0.15, -0.1) is 10.2 Å². The van der Waals surface area contributed by atoms with Crippen molar-refractivity contribution in [1.82, 2.24) is 24.9 Å². The number of likely N-dealkylation sites (tertiary alicyclic amines) is 1. The highest BCUT2D eigenvalue weighted by Gasteiger charge is 2.28. The van der Waals surface area contributed by atoms with E-state index >= 15 is 0 Å². The Morgan fingerprint density at radius 2 is 2.00 bits per heavy atom. The first-order valence-corrected chi connectivity index (χ1v) is 8.93. The smallest absolute Gasteiger partial charge is 0.410 e. The van der Waals surface area contributed by atoms with E-state index in [9.17, 15) is 4.79 Å². The number of carbonyl (C=O) groups excluding carboxylic acids is 1. The number of piperidine rings is 1. The molecule has 26 heavy (non-hydrogen) atoms. The normalized spacial score (nSPS) is 15.9. The van der Waals surface area contributed by atoms with Crippen LogP contribution in [-0.4, -0.2) is 49.7 Å². The average Bonchev–Trinajstić information content (AvgIpc) is 3.05. The minimum atomic E-state index is -0.482. The summed E-state index contributed by atoms with van der Waals surface area (Å²) in [5.41, 5.74) is 6.75. The van der Waals surface area contributed by atoms with Gasteiger partial charge in [0.2, 0.25) is 0 Å². The average molecular weight is 379 g/mol. The van der Waals surface area contributed by atoms with Crippen LogP contribution in [0, 0.1) is 0 Å². The first-order valence-electron chi connectivity index (χ1n) is 8.55. The topological polar surface area (TPSA) is 99.2 Å². The standard InChI is InChI=1S/C17H23ClN6O2/c1-17(2,3)26-16(25)23-7-4-11(5-8-23)24-9-6-13(22-24)12-10-14(18)20-21-15(12)19/h6,9-11H,4-5,7-8H2,1-3H3,(H2,19,21). The third kappa shape index (κ3) is 4.24. The van der Waals surface area contributed by atoms with Crippen LogP contribution >= 0.6 is 11.6 Å². The van der Waals surface area contributed by atoms with Crippen molar-refractivity contribution in [2.75, 3.05) is 18.8 Å². The fourth-order valence-electron chi connectivity index (χ4n) is 2.91. The Kier molecular flexibility index (Phi) is 5.04. The van der Waals surface area contributed by atoms with Gasteiger partial charge in [0.15, 0.2) is 11.0 Å². The molecular weight excluding hydrogens is 356 g/mol. The highest BCUT2D eigenvalue weighted by atomic mass is 35.5. The molecule has 3 heterocycles. The molecule has 8 nitrogen and oxygen atoms in total. The number of nitrogens with two attached hydrogens (primary N) is 1. The van der Waals surface area contributed by atoms with Gasteiger partial charge in [-0.25, -0.2) is 4.79 Å². The van der Waals surface area contributed by atoms with Gasteiger partial charge >= 0.3 is 6.09 Å². The van der Waals surface area contributed by atoms with Crippen LogP contribution in [0.5, 0.6) is 0 Å². The lowest BCUT2D eigenvalue weighted by Crippen LogP contribution is -2.42. The summed E-state index contributed by atoms with van der Waals surface area (Å²) in [5, 5.41) is 12.4. The molecule has 0 saturated carbocycles. The molecule has 0 bridgehead atoms. The Hall–Kier alpha value is -2.35. The van der Waals surface area contributed by atoms with Gasteiger partial charge in [0.25, 0.3) is 0 Å². The largest absolute Gasteiger partial charge is 0.444 e. The lowest BCUT2D eigenvalue weighted by atomic mass is 10.1. The number of amides is 1. The van der Waals surface area contributed by atoms with Crippen LogP contribution in [0.15, 0.2) is 18.3 Å². The minimum Gasteiger partial charge on any atom is -0.444 e. The fourth-order valence-corrected chi connectivity index (χ4v) is 3.05. The van der Waals surface area contributed by atoms with Gasteiger partial charge in [0, 0.05) is 24.8 Å². The zero-order chi connectivity index (χ0) is 18.9. The van der Waals surface area contributed by atoms with Gasteiger partial charge in [0.1, 0.15) is 5.60 Å². The van der Waals surface area contributed by atoms with Crippen molar-refractivity contribution in [2.45, 2.75) is 45.3 Å². The number of halogens is 1. The van der Waals surface area contributed by atoms with Crippen LogP contribution in [0.1, 0.15) is 39.7 Å². The molecule has 0 unspecified atom stereocenters. The van der Waals surface area contributed by atoms with Crippen molar-refractivity contribution >= 4 is 23.5 Å². The summed E-state index contributed by atoms with van der Waals surface area (Å²) < 4.78 is 7.34. The monoisotopic (exact) mass is 378 g/mol. The molecule has 2 N–H and O–H groups in total. The second kappa shape index (κ2) is 7.11. The molecule has 0 radical (unpaired) electrons. The molecule has 3 rings (SSSR count). The molecule has 1 aliphatic rings. The van der Waals surface area contributed by atoms with Crippen molar-refractivity contribution in [1.29, 1.82) is 0 Å². The maximum absolute atomic E-state index is 12.2. The molecular formula is C17H23ClN6O2. The van der Waals surface area contributed by atoms with Crippen LogP contribution in [-0.2, 0) is 4.74 Å². The zero-order valence-electron chi connectivity index (χ0n) is 15.1. The third-order valence-electron chi connectivity index (χ3n) is 4.17. The second-order valence-corrected chi connectivity index (χ2v) is 7.73. The molecule has 1 amide bonds. The van der Waals surface area contributed by atoms with Crippen molar-refractivity contribution in [3.05, 3.63) is 23.5 Å². The van der Waals surface area contributed by atoms with Gasteiger partial charge in [-0.2, -0.15) is 5.10 Å². The number of nitrogens with zero attached hydrogens (tertiary/aromatic N) is 5. The Morgan fingerprint density at radius 3 is 2.65 bits per heavy atom. The van der Waals surface area contributed by atoms with Crippen molar-refractivity contribution in [3.63, 3.8) is 0 Å². The van der Waals surface area contributed by atoms with Crippen LogP contribution in [0.25, 0.3) is 11.3 Å². The fraction of sp³-hybridized carbons (Fsp3) is 0.529. The van der Waals surface area contributed by atoms with E-state index in [1.54, 1.807) is 11.0 Å². The molecule has 1 aliphatic heterocycles. The van der Waals surface area contributed by atoms with E-state index in [2.05, 4.69) is 15.3 Å². The van der Waals surface area contributed by atoms with Crippen LogP contribution in [0.2, 0.25) is 5.15 Å². The summed E-state index contributed by atoms with van der Waals surface area (Å²) in [6.07, 6.45) is 3.27. The number of carbonyl (C=O) groups is 1. The number of hydrogen-bond acceptors (Lipinski definition) is 6. The lowest BCUT2D eigenvalue weighted by Gasteiger charge is -2.33. The molecule has 140 valence electrons. The Bertz CT molecular complexity index is 793. The quantitative estimate of drug-likeness (QED) is 0.861. The van der Waals surface area contributed by atoms with Crippen molar-refractivity contribution in [3.8, 4) is 11.3 Å². The second-order valence-electron chi connectivity index (χ2n) is 7.35. The number of rotatable bonds is 2. The molecule has 0 spiro atoms. The highest BCUT2D eigenvalue weighted by molar-refractivity contribution is 6.29. The van der Waals surface area contributed by atoms with Crippen LogP contribution < -0.4 is 5.73 Å². The van der Waals surface area contributed by atoms with Crippen molar-refractivity contribution < 1.29 is 9.53 Å². The Morgan fingerprint density at radius 1 is 1.31 bits per heavy atom. The van der Waals surface area contributed by atoms with Gasteiger partial charge in [0.05, 0.1) is 11.7 Å². The van der Waals surface area contributed by atoms with Gasteiger partial charge < -0.3 is 15.4 Å². The van der Waals surface area contributed by atoms with Gasteiger partial charge in [-0.3, -0.25) is 4.68 Å². The van der Waals surface area contributed by atoms with Crippen LogP contribution in [0.4, 0.5) is 10.6 Å². The third-order valence-corrected chi connectivity index (χ3v) is 4.35. The summed E-state index contributed by atoms with van der Waals surface area (Å²) >= 11 is 5.90. The zero-order valence-corrected chi connectivity index (χ0v) is 15.9. The number of anilines is 1. The Labute approximate surface area is 157 Å². The summed E-state index contributed by atoms with van der Waals surface area (Å²) in [6, 6.07) is 3.75. The number of nitrogen functional groups attached to an aromatic ring is 1. The van der Waals surface area contributed by atoms with Crippen molar-refractivity contribution in [2.24, 2.45) is 0 Å². The van der Waals surface area contributed by atoms with E-state index in [1.165, 1.54) is 0 Å². The maximum atomic E-state index is 12.2. The molecule has 0 aromatic carbocycles. The van der Waals surface area contributed by atoms with E-state index in [-0.39, 0.29) is 17.3 Å². The maximum Gasteiger partial charge on any atom is 0.410 e. The molecule has 2 aromatic heterocycles. The summed E-state index contributed by atoms with van der Waals surface area (Å²) in [7, 11) is 0. The van der Waals surface area contributed by atoms with Gasteiger partial charge in [-0.05, 0) is 45.7 Å². The van der Waals surface area contributed by atoms with E-state index in [4.69, 9.17) is 22.1 Å². The summed E-state index contributed by atoms with van der Waals surface area (Å²) in [5.74, 6) is 0.291. The van der Waals surface area contributed by atoms with E-state index in [0.29, 0.717) is 30.2 Å². The molecule has 1 fully saturated rings. The summed E-state index contributed by atoms with van der Waals surface area (Å²) in [6.45, 7) is 6.89. The molecule has 0 aliphatic carbocycles. The van der Waals surface area contributed by atoms with E-state index in [0.717, 1.165) is 12.8 Å². The number of hydrogen-bond donors (Lipinski definition) is 1. The van der Waals surface area contributed by atoms with E-state index < -0.39 is 5.60 Å². The first kappa shape index (κ1) is 18.4. The molecule has 9 heteroatoms. The molecule has 2 aromatic rings. The minimum absolute atomic E-state index is 0.217. The number of aromatic nitrogens is 4. The Balaban J connectivity index is 1.65. The molecule has 0 atom stereocenters. The number of ether oxygens (including phenoxy) is 1. The van der Waals surface area contributed by atoms with Crippen LogP contribution in [0.3, 0.4) is 0 Å². The predicted octanol–water partition coefficient (Wildman–Crippen LogP) is 3.15. The molecule has 1 saturated heterocycles. The van der Waals surface area contributed by atoms with E-state index in [1.807, 2.05) is 37.7 Å². The first-order chi connectivity index (χ1) is 12.2. The summed E-state index contributed by atoms with van der Waals surface area (Å²) in [4.78, 5) is 13.9. The highest BCUT2D eigenvalue weighted by Crippen LogP contribution is 2.28.